The Morgan fingerprint density at radius 3 is 1.22 bits per heavy atom. The van der Waals surface area contributed by atoms with Crippen molar-refractivity contribution in [3.05, 3.63) is 12.2 Å². The van der Waals surface area contributed by atoms with Gasteiger partial charge in [-0.15, -0.1) is 0 Å². The standard InChI is InChI=1S/C22H44O/c1-2-3-4-5-6-7-8-9-10-11-12-13-14-15-16-17-18-19-20-21-22-23/h10-11,23H,2-9,12-22H2,1H3. The molecule has 0 amide bonds. The summed E-state index contributed by atoms with van der Waals surface area (Å²) in [6, 6.07) is 0. The zero-order chi connectivity index (χ0) is 16.8. The minimum absolute atomic E-state index is 0.368. The first-order valence-electron chi connectivity index (χ1n) is 10.7. The molecular weight excluding hydrogens is 280 g/mol. The number of rotatable bonds is 19. The lowest BCUT2D eigenvalue weighted by Crippen LogP contribution is -1.84. The van der Waals surface area contributed by atoms with E-state index in [0.29, 0.717) is 6.61 Å². The monoisotopic (exact) mass is 324 g/mol. The van der Waals surface area contributed by atoms with Crippen molar-refractivity contribution in [2.24, 2.45) is 0 Å². The molecule has 0 rings (SSSR count). The van der Waals surface area contributed by atoms with Crippen molar-refractivity contribution in [3.63, 3.8) is 0 Å². The highest BCUT2D eigenvalue weighted by molar-refractivity contribution is 4.81. The summed E-state index contributed by atoms with van der Waals surface area (Å²) < 4.78 is 0. The first kappa shape index (κ1) is 22.7. The molecule has 1 heteroatoms. The van der Waals surface area contributed by atoms with Crippen molar-refractivity contribution in [2.45, 2.75) is 122 Å². The number of aliphatic hydroxyl groups is 1. The van der Waals surface area contributed by atoms with Gasteiger partial charge in [0.25, 0.3) is 0 Å². The molecule has 0 aliphatic rings. The SMILES string of the molecule is CCCCCCCCCC=CCCCCCCCCCCCO. The van der Waals surface area contributed by atoms with Gasteiger partial charge in [0.15, 0.2) is 0 Å². The van der Waals surface area contributed by atoms with E-state index in [9.17, 15) is 0 Å². The van der Waals surface area contributed by atoms with Gasteiger partial charge in [0.1, 0.15) is 0 Å². The zero-order valence-electron chi connectivity index (χ0n) is 16.0. The Hall–Kier alpha value is -0.300. The van der Waals surface area contributed by atoms with Gasteiger partial charge in [0.2, 0.25) is 0 Å². The predicted molar refractivity (Wildman–Crippen MR) is 105 cm³/mol. The molecule has 23 heavy (non-hydrogen) atoms. The summed E-state index contributed by atoms with van der Waals surface area (Å²) in [4.78, 5) is 0. The predicted octanol–water partition coefficient (Wildman–Crippen LogP) is 7.58. The summed E-state index contributed by atoms with van der Waals surface area (Å²) in [5.41, 5.74) is 0. The molecule has 138 valence electrons. The van der Waals surface area contributed by atoms with Crippen LogP contribution in [0, 0.1) is 0 Å². The highest BCUT2D eigenvalue weighted by Crippen LogP contribution is 2.11. The smallest absolute Gasteiger partial charge is 0.0431 e. The first-order valence-corrected chi connectivity index (χ1v) is 10.7. The average molecular weight is 325 g/mol. The van der Waals surface area contributed by atoms with Crippen LogP contribution in [0.15, 0.2) is 12.2 Å². The van der Waals surface area contributed by atoms with E-state index in [0.717, 1.165) is 6.42 Å². The number of allylic oxidation sites excluding steroid dienone is 2. The number of hydrogen-bond donors (Lipinski definition) is 1. The van der Waals surface area contributed by atoms with Crippen LogP contribution in [0.2, 0.25) is 0 Å². The molecule has 0 saturated heterocycles. The van der Waals surface area contributed by atoms with E-state index >= 15 is 0 Å². The average Bonchev–Trinajstić information content (AvgIpc) is 2.57. The maximum atomic E-state index is 8.70. The van der Waals surface area contributed by atoms with E-state index in [4.69, 9.17) is 5.11 Å². The zero-order valence-corrected chi connectivity index (χ0v) is 16.0. The summed E-state index contributed by atoms with van der Waals surface area (Å²) in [5.74, 6) is 0. The van der Waals surface area contributed by atoms with Crippen molar-refractivity contribution < 1.29 is 5.11 Å². The Morgan fingerprint density at radius 1 is 0.478 bits per heavy atom. The molecule has 0 saturated carbocycles. The summed E-state index contributed by atoms with van der Waals surface area (Å²) in [5, 5.41) is 8.70. The van der Waals surface area contributed by atoms with Crippen LogP contribution in [-0.2, 0) is 0 Å². The summed E-state index contributed by atoms with van der Waals surface area (Å²) in [6.07, 6.45) is 29.1. The fraction of sp³-hybridized carbons (Fsp3) is 0.909. The molecule has 0 aromatic carbocycles. The summed E-state index contributed by atoms with van der Waals surface area (Å²) in [6.45, 7) is 2.65. The van der Waals surface area contributed by atoms with Crippen LogP contribution < -0.4 is 0 Å². The fourth-order valence-corrected chi connectivity index (χ4v) is 3.07. The molecule has 0 atom stereocenters. The Labute approximate surface area is 147 Å². The Bertz CT molecular complexity index is 222. The van der Waals surface area contributed by atoms with Crippen LogP contribution in [0.1, 0.15) is 122 Å². The minimum Gasteiger partial charge on any atom is -0.396 e. The second kappa shape index (κ2) is 21.7. The third-order valence-electron chi connectivity index (χ3n) is 4.67. The van der Waals surface area contributed by atoms with E-state index < -0.39 is 0 Å². The van der Waals surface area contributed by atoms with Crippen molar-refractivity contribution in [2.75, 3.05) is 6.61 Å². The molecule has 0 fully saturated rings. The summed E-state index contributed by atoms with van der Waals surface area (Å²) in [7, 11) is 0. The number of unbranched alkanes of at least 4 members (excludes halogenated alkanes) is 16. The second-order valence-corrected chi connectivity index (χ2v) is 7.08. The molecular formula is C22H44O. The maximum absolute atomic E-state index is 8.70. The normalized spacial score (nSPS) is 11.6. The highest BCUT2D eigenvalue weighted by Gasteiger charge is 1.92. The van der Waals surface area contributed by atoms with E-state index in [1.807, 2.05) is 0 Å². The van der Waals surface area contributed by atoms with Crippen molar-refractivity contribution in [3.8, 4) is 0 Å². The van der Waals surface area contributed by atoms with Crippen molar-refractivity contribution in [1.82, 2.24) is 0 Å². The number of hydrogen-bond acceptors (Lipinski definition) is 1. The van der Waals surface area contributed by atoms with Crippen LogP contribution in [-0.4, -0.2) is 11.7 Å². The summed E-state index contributed by atoms with van der Waals surface area (Å²) >= 11 is 0. The van der Waals surface area contributed by atoms with E-state index in [1.165, 1.54) is 109 Å². The molecule has 0 radical (unpaired) electrons. The highest BCUT2D eigenvalue weighted by atomic mass is 16.2. The molecule has 1 N–H and O–H groups in total. The lowest BCUT2D eigenvalue weighted by atomic mass is 10.1. The molecule has 0 aliphatic heterocycles. The largest absolute Gasteiger partial charge is 0.396 e. The van der Waals surface area contributed by atoms with Gasteiger partial charge in [-0.05, 0) is 32.1 Å². The molecule has 0 heterocycles. The molecule has 1 nitrogen and oxygen atoms in total. The third kappa shape index (κ3) is 21.7. The van der Waals surface area contributed by atoms with Crippen LogP contribution >= 0.6 is 0 Å². The van der Waals surface area contributed by atoms with E-state index in [1.54, 1.807) is 0 Å². The topological polar surface area (TPSA) is 20.2 Å². The quantitative estimate of drug-likeness (QED) is 0.192. The van der Waals surface area contributed by atoms with E-state index in [2.05, 4.69) is 19.1 Å². The van der Waals surface area contributed by atoms with E-state index in [-0.39, 0.29) is 0 Å². The fourth-order valence-electron chi connectivity index (χ4n) is 3.07. The van der Waals surface area contributed by atoms with Crippen LogP contribution in [0.3, 0.4) is 0 Å². The van der Waals surface area contributed by atoms with Crippen molar-refractivity contribution >= 4 is 0 Å². The van der Waals surface area contributed by atoms with Gasteiger partial charge in [0, 0.05) is 6.61 Å². The van der Waals surface area contributed by atoms with Crippen molar-refractivity contribution in [1.29, 1.82) is 0 Å². The van der Waals surface area contributed by atoms with Crippen LogP contribution in [0.5, 0.6) is 0 Å². The van der Waals surface area contributed by atoms with Gasteiger partial charge in [0.05, 0.1) is 0 Å². The van der Waals surface area contributed by atoms with Gasteiger partial charge in [-0.3, -0.25) is 0 Å². The Kier molecular flexibility index (Phi) is 21.4. The van der Waals surface area contributed by atoms with Gasteiger partial charge in [-0.2, -0.15) is 0 Å². The molecule has 0 aromatic rings. The number of aliphatic hydroxyl groups excluding tert-OH is 1. The van der Waals surface area contributed by atoms with Gasteiger partial charge in [-0.25, -0.2) is 0 Å². The van der Waals surface area contributed by atoms with Gasteiger partial charge < -0.3 is 5.11 Å². The van der Waals surface area contributed by atoms with Crippen LogP contribution in [0.4, 0.5) is 0 Å². The van der Waals surface area contributed by atoms with Gasteiger partial charge >= 0.3 is 0 Å². The molecule has 0 spiro atoms. The third-order valence-corrected chi connectivity index (χ3v) is 4.67. The second-order valence-electron chi connectivity index (χ2n) is 7.08. The molecule has 0 bridgehead atoms. The molecule has 0 unspecified atom stereocenters. The molecule has 0 aliphatic carbocycles. The van der Waals surface area contributed by atoms with Crippen LogP contribution in [0.25, 0.3) is 0 Å². The Balaban J connectivity index is 3.03. The molecule has 0 aromatic heterocycles. The minimum atomic E-state index is 0.368. The Morgan fingerprint density at radius 2 is 0.826 bits per heavy atom. The van der Waals surface area contributed by atoms with Gasteiger partial charge in [-0.1, -0.05) is 103 Å². The maximum Gasteiger partial charge on any atom is 0.0431 e. The first-order chi connectivity index (χ1) is 11.4. The lowest BCUT2D eigenvalue weighted by molar-refractivity contribution is 0.282. The lowest BCUT2D eigenvalue weighted by Gasteiger charge is -2.01.